The third kappa shape index (κ3) is 1.96. The maximum atomic E-state index is 5.23. The lowest BCUT2D eigenvalue weighted by Crippen LogP contribution is -2.46. The number of nitrogens with zero attached hydrogens (tertiary/aromatic N) is 4. The molecule has 0 amide bonds. The summed E-state index contributed by atoms with van der Waals surface area (Å²) in [5.74, 6) is 0. The van der Waals surface area contributed by atoms with E-state index in [1.807, 2.05) is 0 Å². The van der Waals surface area contributed by atoms with E-state index in [9.17, 15) is 0 Å². The Labute approximate surface area is 75.9 Å². The number of rotatable bonds is 1. The Kier molecular flexibility index (Phi) is 3.51. The normalized spacial score (nSPS) is 28.8. The molecule has 7 heteroatoms. The first-order valence-corrected chi connectivity index (χ1v) is 3.58. The van der Waals surface area contributed by atoms with Crippen LogP contribution in [0.15, 0.2) is 20.7 Å². The maximum Gasteiger partial charge on any atom is 0.202 e. The second kappa shape index (κ2) is 4.44. The molecule has 0 aliphatic carbocycles. The van der Waals surface area contributed by atoms with Crippen molar-refractivity contribution < 1.29 is 4.74 Å². The molecule has 2 aliphatic heterocycles. The minimum absolute atomic E-state index is 0. The highest BCUT2D eigenvalue weighted by Gasteiger charge is 2.25. The molecule has 1 saturated heterocycles. The van der Waals surface area contributed by atoms with Crippen LogP contribution in [-0.4, -0.2) is 32.0 Å². The summed E-state index contributed by atoms with van der Waals surface area (Å²) in [7, 11) is 0. The van der Waals surface area contributed by atoms with Crippen molar-refractivity contribution in [2.45, 2.75) is 12.2 Å². The average Bonchev–Trinajstić information content (AvgIpc) is 2.58. The van der Waals surface area contributed by atoms with Crippen LogP contribution in [0.25, 0.3) is 0 Å². The van der Waals surface area contributed by atoms with E-state index < -0.39 is 0 Å². The van der Waals surface area contributed by atoms with E-state index in [1.54, 1.807) is 0 Å². The summed E-state index contributed by atoms with van der Waals surface area (Å²) in [5.41, 5.74) is 0. The molecule has 1 atom stereocenters. The van der Waals surface area contributed by atoms with Gasteiger partial charge in [-0.2, -0.15) is 0 Å². The van der Waals surface area contributed by atoms with Crippen LogP contribution in [0.1, 0.15) is 0 Å². The van der Waals surface area contributed by atoms with Crippen molar-refractivity contribution >= 4 is 12.4 Å². The van der Waals surface area contributed by atoms with Gasteiger partial charge in [0.1, 0.15) is 0 Å². The molecule has 1 unspecified atom stereocenters. The van der Waals surface area contributed by atoms with Crippen LogP contribution in [0.5, 0.6) is 0 Å². The molecule has 0 radical (unpaired) electrons. The van der Waals surface area contributed by atoms with E-state index in [0.29, 0.717) is 6.61 Å². The standard InChI is InChI=1S/C5H9N5O.ClH/c1-2-11-3-4(6-1)5-7-9-10-8-5;/h4-6H,1-3H2;1H. The van der Waals surface area contributed by atoms with Gasteiger partial charge < -0.3 is 10.1 Å². The zero-order valence-electron chi connectivity index (χ0n) is 6.38. The van der Waals surface area contributed by atoms with E-state index in [1.165, 1.54) is 0 Å². The quantitative estimate of drug-likeness (QED) is 0.658. The maximum absolute atomic E-state index is 5.23. The van der Waals surface area contributed by atoms with Crippen molar-refractivity contribution in [2.24, 2.45) is 20.7 Å². The topological polar surface area (TPSA) is 70.7 Å². The molecule has 0 aromatic rings. The van der Waals surface area contributed by atoms with Crippen molar-refractivity contribution in [3.8, 4) is 0 Å². The lowest BCUT2D eigenvalue weighted by atomic mass is 10.2. The smallest absolute Gasteiger partial charge is 0.202 e. The molecular weight excluding hydrogens is 182 g/mol. The van der Waals surface area contributed by atoms with Crippen LogP contribution >= 0.6 is 12.4 Å². The SMILES string of the molecule is C1COCC(C2N=NN=N2)N1.Cl. The van der Waals surface area contributed by atoms with Gasteiger partial charge in [0.05, 0.1) is 19.3 Å². The van der Waals surface area contributed by atoms with Crippen molar-refractivity contribution in [2.75, 3.05) is 19.8 Å². The van der Waals surface area contributed by atoms with E-state index in [2.05, 4.69) is 26.0 Å². The largest absolute Gasteiger partial charge is 0.378 e. The van der Waals surface area contributed by atoms with Gasteiger partial charge in [-0.3, -0.25) is 0 Å². The molecule has 0 spiro atoms. The molecule has 2 rings (SSSR count). The summed E-state index contributed by atoms with van der Waals surface area (Å²) in [4.78, 5) is 0. The summed E-state index contributed by atoms with van der Waals surface area (Å²) >= 11 is 0. The Morgan fingerprint density at radius 1 is 1.25 bits per heavy atom. The van der Waals surface area contributed by atoms with Crippen molar-refractivity contribution in [3.63, 3.8) is 0 Å². The van der Waals surface area contributed by atoms with Crippen molar-refractivity contribution in [3.05, 3.63) is 0 Å². The number of hydrogen-bond donors (Lipinski definition) is 1. The fourth-order valence-electron chi connectivity index (χ4n) is 1.11. The van der Waals surface area contributed by atoms with Crippen LogP contribution in [0.3, 0.4) is 0 Å². The number of halogens is 1. The predicted octanol–water partition coefficient (Wildman–Crippen LogP) is 0.556. The molecule has 68 valence electrons. The van der Waals surface area contributed by atoms with Gasteiger partial charge in [-0.15, -0.1) is 22.6 Å². The fourth-order valence-corrected chi connectivity index (χ4v) is 1.11. The Balaban J connectivity index is 0.000000720. The van der Waals surface area contributed by atoms with Gasteiger partial charge in [-0.05, 0) is 10.4 Å². The van der Waals surface area contributed by atoms with Crippen molar-refractivity contribution in [1.82, 2.24) is 5.32 Å². The molecule has 1 N–H and O–H groups in total. The second-order valence-corrected chi connectivity index (χ2v) is 2.46. The summed E-state index contributed by atoms with van der Waals surface area (Å²) in [6.45, 7) is 2.26. The van der Waals surface area contributed by atoms with Gasteiger partial charge in [0.2, 0.25) is 6.17 Å². The molecule has 2 heterocycles. The molecule has 0 saturated carbocycles. The first kappa shape index (κ1) is 9.50. The van der Waals surface area contributed by atoms with E-state index in [-0.39, 0.29) is 24.6 Å². The summed E-state index contributed by atoms with van der Waals surface area (Å²) in [6, 6.07) is 0.152. The van der Waals surface area contributed by atoms with Gasteiger partial charge in [-0.1, -0.05) is 0 Å². The first-order valence-electron chi connectivity index (χ1n) is 3.58. The Morgan fingerprint density at radius 3 is 2.58 bits per heavy atom. The Bertz CT molecular complexity index is 178. The molecular formula is C5H10ClN5O. The highest BCUT2D eigenvalue weighted by Crippen LogP contribution is 2.11. The first-order chi connectivity index (χ1) is 5.47. The number of ether oxygens (including phenoxy) is 1. The van der Waals surface area contributed by atoms with Crippen LogP contribution in [-0.2, 0) is 4.74 Å². The zero-order valence-corrected chi connectivity index (χ0v) is 7.20. The number of morpholine rings is 1. The van der Waals surface area contributed by atoms with Gasteiger partial charge >= 0.3 is 0 Å². The lowest BCUT2D eigenvalue weighted by molar-refractivity contribution is 0.0694. The third-order valence-corrected chi connectivity index (χ3v) is 1.69. The van der Waals surface area contributed by atoms with Gasteiger partial charge in [0.15, 0.2) is 0 Å². The lowest BCUT2D eigenvalue weighted by Gasteiger charge is -2.23. The monoisotopic (exact) mass is 191 g/mol. The molecule has 1 fully saturated rings. The third-order valence-electron chi connectivity index (χ3n) is 1.69. The zero-order chi connectivity index (χ0) is 7.52. The van der Waals surface area contributed by atoms with Crippen LogP contribution < -0.4 is 5.32 Å². The summed E-state index contributed by atoms with van der Waals surface area (Å²) in [5, 5.41) is 17.7. The fraction of sp³-hybridized carbons (Fsp3) is 1.00. The Morgan fingerprint density at radius 2 is 2.00 bits per heavy atom. The minimum Gasteiger partial charge on any atom is -0.378 e. The highest BCUT2D eigenvalue weighted by molar-refractivity contribution is 5.85. The van der Waals surface area contributed by atoms with Crippen LogP contribution in [0.2, 0.25) is 0 Å². The minimum atomic E-state index is -0.171. The molecule has 0 aromatic carbocycles. The van der Waals surface area contributed by atoms with E-state index in [0.717, 1.165) is 13.2 Å². The van der Waals surface area contributed by atoms with Crippen molar-refractivity contribution in [1.29, 1.82) is 0 Å². The molecule has 2 aliphatic rings. The molecule has 0 aromatic heterocycles. The number of nitrogens with one attached hydrogen (secondary N) is 1. The Hall–Kier alpha value is -0.590. The summed E-state index contributed by atoms with van der Waals surface area (Å²) in [6.07, 6.45) is -0.171. The van der Waals surface area contributed by atoms with E-state index >= 15 is 0 Å². The van der Waals surface area contributed by atoms with Gasteiger partial charge in [0, 0.05) is 6.54 Å². The van der Waals surface area contributed by atoms with Gasteiger partial charge in [-0.25, -0.2) is 0 Å². The van der Waals surface area contributed by atoms with Crippen LogP contribution in [0, 0.1) is 0 Å². The second-order valence-electron chi connectivity index (χ2n) is 2.46. The predicted molar refractivity (Wildman–Crippen MR) is 43.4 cm³/mol. The molecule has 12 heavy (non-hydrogen) atoms. The molecule has 0 bridgehead atoms. The van der Waals surface area contributed by atoms with E-state index in [4.69, 9.17) is 4.74 Å². The van der Waals surface area contributed by atoms with Gasteiger partial charge in [0.25, 0.3) is 0 Å². The summed E-state index contributed by atoms with van der Waals surface area (Å²) < 4.78 is 5.23. The highest BCUT2D eigenvalue weighted by atomic mass is 35.5. The molecule has 6 nitrogen and oxygen atoms in total. The van der Waals surface area contributed by atoms with Crippen LogP contribution in [0.4, 0.5) is 0 Å². The average molecular weight is 192 g/mol. The number of hydrogen-bond acceptors (Lipinski definition) is 6.